The van der Waals surface area contributed by atoms with Gasteiger partial charge in [-0.25, -0.2) is 4.79 Å². The number of carbonyl (C=O) groups is 2. The van der Waals surface area contributed by atoms with Crippen LogP contribution in [-0.4, -0.2) is 37.7 Å². The molecule has 2 aromatic rings. The third-order valence-corrected chi connectivity index (χ3v) is 6.18. The number of aryl methyl sites for hydroxylation is 1. The summed E-state index contributed by atoms with van der Waals surface area (Å²) in [5, 5.41) is 2.73. The van der Waals surface area contributed by atoms with Crippen LogP contribution in [0.25, 0.3) is 0 Å². The molecular formula is C21H23NO5S. The summed E-state index contributed by atoms with van der Waals surface area (Å²) >= 11 is 1.48. The van der Waals surface area contributed by atoms with Gasteiger partial charge in [0.2, 0.25) is 0 Å². The highest BCUT2D eigenvalue weighted by Crippen LogP contribution is 2.32. The number of hydrogen-bond donors (Lipinski definition) is 1. The van der Waals surface area contributed by atoms with E-state index in [1.807, 2.05) is 30.3 Å². The number of ether oxygens (including phenoxy) is 3. The van der Waals surface area contributed by atoms with Gasteiger partial charge in [0.1, 0.15) is 17.6 Å². The quantitative estimate of drug-likeness (QED) is 0.780. The number of nitrogens with one attached hydrogen (secondary N) is 1. The minimum atomic E-state index is -0.437. The van der Waals surface area contributed by atoms with Crippen molar-refractivity contribution in [1.82, 2.24) is 5.32 Å². The molecule has 1 aliphatic heterocycles. The van der Waals surface area contributed by atoms with Gasteiger partial charge in [0.15, 0.2) is 18.1 Å². The van der Waals surface area contributed by atoms with Crippen LogP contribution in [0.5, 0.6) is 11.5 Å². The van der Waals surface area contributed by atoms with Crippen LogP contribution in [0.15, 0.2) is 30.3 Å². The van der Waals surface area contributed by atoms with E-state index >= 15 is 0 Å². The van der Waals surface area contributed by atoms with E-state index in [0.29, 0.717) is 28.9 Å². The topological polar surface area (TPSA) is 73.9 Å². The number of para-hydroxylation sites is 2. The minimum absolute atomic E-state index is 0.277. The lowest BCUT2D eigenvalue weighted by Gasteiger charge is -2.26. The molecule has 1 N–H and O–H groups in total. The van der Waals surface area contributed by atoms with E-state index in [1.54, 1.807) is 0 Å². The standard InChI is InChI=1S/C21H23NO5S/c1-13-6-7-18-14(8-13)9-19(28-18)21(24)26-12-20(23)22-10-15-11-25-16-4-2-3-5-17(16)27-15/h2-5,9,13,15H,6-8,10-12H2,1H3,(H,22,23)/t13-,15+/m0/s1. The summed E-state index contributed by atoms with van der Waals surface area (Å²) in [6.07, 6.45) is 2.90. The highest BCUT2D eigenvalue weighted by Gasteiger charge is 2.23. The number of fused-ring (bicyclic) bond motifs is 2. The van der Waals surface area contributed by atoms with Gasteiger partial charge in [-0.2, -0.15) is 0 Å². The number of benzene rings is 1. The second-order valence-electron chi connectivity index (χ2n) is 7.28. The Morgan fingerprint density at radius 1 is 1.29 bits per heavy atom. The van der Waals surface area contributed by atoms with Crippen LogP contribution in [0, 0.1) is 5.92 Å². The van der Waals surface area contributed by atoms with Crippen molar-refractivity contribution < 1.29 is 23.8 Å². The Hall–Kier alpha value is -2.54. The van der Waals surface area contributed by atoms with Gasteiger partial charge in [-0.1, -0.05) is 19.1 Å². The molecule has 0 radical (unpaired) electrons. The molecule has 1 amide bonds. The molecule has 28 heavy (non-hydrogen) atoms. The van der Waals surface area contributed by atoms with E-state index < -0.39 is 5.97 Å². The molecule has 0 unspecified atom stereocenters. The third-order valence-electron chi connectivity index (χ3n) is 4.96. The number of thiophene rings is 1. The van der Waals surface area contributed by atoms with E-state index in [9.17, 15) is 9.59 Å². The van der Waals surface area contributed by atoms with Gasteiger partial charge in [-0.3, -0.25) is 4.79 Å². The van der Waals surface area contributed by atoms with Gasteiger partial charge in [0.05, 0.1) is 6.54 Å². The second-order valence-corrected chi connectivity index (χ2v) is 8.42. The maximum absolute atomic E-state index is 12.3. The van der Waals surface area contributed by atoms with E-state index in [0.717, 1.165) is 19.3 Å². The third kappa shape index (κ3) is 4.30. The molecule has 148 valence electrons. The monoisotopic (exact) mass is 401 g/mol. The Morgan fingerprint density at radius 2 is 2.11 bits per heavy atom. The van der Waals surface area contributed by atoms with Crippen LogP contribution >= 0.6 is 11.3 Å². The predicted octanol–water partition coefficient (Wildman–Crippen LogP) is 2.99. The molecule has 0 bridgehead atoms. The summed E-state index contributed by atoms with van der Waals surface area (Å²) in [5.74, 6) is 1.22. The highest BCUT2D eigenvalue weighted by atomic mass is 32.1. The number of hydrogen-bond acceptors (Lipinski definition) is 6. The first-order chi connectivity index (χ1) is 13.6. The van der Waals surface area contributed by atoms with Gasteiger partial charge in [0, 0.05) is 4.88 Å². The van der Waals surface area contributed by atoms with Crippen molar-refractivity contribution in [1.29, 1.82) is 0 Å². The first-order valence-electron chi connectivity index (χ1n) is 9.52. The zero-order valence-corrected chi connectivity index (χ0v) is 16.6. The lowest BCUT2D eigenvalue weighted by molar-refractivity contribution is -0.124. The first kappa shape index (κ1) is 18.8. The number of esters is 1. The molecule has 1 aromatic heterocycles. The van der Waals surface area contributed by atoms with Crippen LogP contribution in [0.1, 0.15) is 33.5 Å². The maximum atomic E-state index is 12.3. The molecule has 2 heterocycles. The summed E-state index contributed by atoms with van der Waals surface area (Å²) in [6.45, 7) is 2.57. The molecule has 1 aliphatic carbocycles. The van der Waals surface area contributed by atoms with Crippen molar-refractivity contribution in [2.75, 3.05) is 19.8 Å². The summed E-state index contributed by atoms with van der Waals surface area (Å²) in [5.41, 5.74) is 1.25. The molecule has 7 heteroatoms. The molecule has 1 aromatic carbocycles. The van der Waals surface area contributed by atoms with Crippen molar-refractivity contribution >= 4 is 23.2 Å². The number of carbonyl (C=O) groups excluding carboxylic acids is 2. The fraction of sp³-hybridized carbons (Fsp3) is 0.429. The average Bonchev–Trinajstić information content (AvgIpc) is 3.13. The Morgan fingerprint density at radius 3 is 2.96 bits per heavy atom. The summed E-state index contributed by atoms with van der Waals surface area (Å²) in [7, 11) is 0. The summed E-state index contributed by atoms with van der Waals surface area (Å²) < 4.78 is 16.6. The van der Waals surface area contributed by atoms with E-state index in [2.05, 4.69) is 12.2 Å². The Kier molecular flexibility index (Phi) is 5.52. The van der Waals surface area contributed by atoms with Crippen LogP contribution in [0.3, 0.4) is 0 Å². The van der Waals surface area contributed by atoms with Crippen LogP contribution < -0.4 is 14.8 Å². The van der Waals surface area contributed by atoms with Gasteiger partial charge in [-0.05, 0) is 48.9 Å². The summed E-state index contributed by atoms with van der Waals surface area (Å²) in [6, 6.07) is 9.33. The minimum Gasteiger partial charge on any atom is -0.486 e. The molecule has 2 aliphatic rings. The predicted molar refractivity (Wildman–Crippen MR) is 105 cm³/mol. The van der Waals surface area contributed by atoms with Crippen molar-refractivity contribution in [2.45, 2.75) is 32.3 Å². The van der Waals surface area contributed by atoms with E-state index in [1.165, 1.54) is 21.8 Å². The molecule has 0 spiro atoms. The zero-order chi connectivity index (χ0) is 19.5. The highest BCUT2D eigenvalue weighted by molar-refractivity contribution is 7.14. The van der Waals surface area contributed by atoms with Crippen molar-refractivity contribution in [3.63, 3.8) is 0 Å². The SMILES string of the molecule is C[C@H]1CCc2sc(C(=O)OCC(=O)NC[C@@H]3COc4ccccc4O3)cc2C1. The smallest absolute Gasteiger partial charge is 0.348 e. The number of rotatable bonds is 5. The van der Waals surface area contributed by atoms with Crippen LogP contribution in [0.2, 0.25) is 0 Å². The molecule has 2 atom stereocenters. The fourth-order valence-corrected chi connectivity index (χ4v) is 4.55. The lowest BCUT2D eigenvalue weighted by Crippen LogP contribution is -2.42. The molecule has 0 fully saturated rings. The van der Waals surface area contributed by atoms with Crippen LogP contribution in [-0.2, 0) is 22.4 Å². The Labute approximate surface area is 167 Å². The average molecular weight is 401 g/mol. The summed E-state index contributed by atoms with van der Waals surface area (Å²) in [4.78, 5) is 26.1. The maximum Gasteiger partial charge on any atom is 0.348 e. The van der Waals surface area contributed by atoms with Gasteiger partial charge >= 0.3 is 5.97 Å². The molecular weight excluding hydrogens is 378 g/mol. The van der Waals surface area contributed by atoms with Crippen molar-refractivity contribution in [3.05, 3.63) is 45.6 Å². The molecule has 6 nitrogen and oxygen atoms in total. The first-order valence-corrected chi connectivity index (χ1v) is 10.3. The van der Waals surface area contributed by atoms with E-state index in [-0.39, 0.29) is 25.2 Å². The molecule has 0 saturated heterocycles. The second kappa shape index (κ2) is 8.22. The van der Waals surface area contributed by atoms with Gasteiger partial charge < -0.3 is 19.5 Å². The molecule has 0 saturated carbocycles. The fourth-order valence-electron chi connectivity index (χ4n) is 3.45. The van der Waals surface area contributed by atoms with Gasteiger partial charge in [0.25, 0.3) is 5.91 Å². The lowest BCUT2D eigenvalue weighted by atomic mass is 9.90. The zero-order valence-electron chi connectivity index (χ0n) is 15.7. The Bertz CT molecular complexity index is 877. The number of amides is 1. The Balaban J connectivity index is 1.22. The van der Waals surface area contributed by atoms with E-state index in [4.69, 9.17) is 14.2 Å². The molecule has 4 rings (SSSR count). The largest absolute Gasteiger partial charge is 0.486 e. The van der Waals surface area contributed by atoms with Gasteiger partial charge in [-0.15, -0.1) is 11.3 Å². The van der Waals surface area contributed by atoms with Crippen LogP contribution in [0.4, 0.5) is 0 Å². The normalized spacial score (nSPS) is 20.2. The van der Waals surface area contributed by atoms with Crippen molar-refractivity contribution in [3.8, 4) is 11.5 Å². The van der Waals surface area contributed by atoms with Crippen molar-refractivity contribution in [2.24, 2.45) is 5.92 Å².